The van der Waals surface area contributed by atoms with Crippen LogP contribution in [0.15, 0.2) is 30.5 Å². The van der Waals surface area contributed by atoms with E-state index in [4.69, 9.17) is 11.2 Å². The van der Waals surface area contributed by atoms with E-state index in [0.717, 1.165) is 31.5 Å². The monoisotopic (exact) mass is 666 g/mol. The molecular weight excluding hydrogens is 631 g/mol. The minimum Gasteiger partial charge on any atom is -0.508 e. The molecule has 0 aliphatic carbocycles. The van der Waals surface area contributed by atoms with Crippen molar-refractivity contribution in [3.05, 3.63) is 47.4 Å². The largest absolute Gasteiger partial charge is 0.508 e. The van der Waals surface area contributed by atoms with Gasteiger partial charge in [0.05, 0.1) is 27.7 Å². The summed E-state index contributed by atoms with van der Waals surface area (Å²) in [6.45, 7) is 4.74. The molecule has 2 aromatic heterocycles. The Morgan fingerprint density at radius 2 is 1.96 bits per heavy atom. The number of hydrogen-bond donors (Lipinski definition) is 1. The molecular formula is C35H35F5N6O2. The van der Waals surface area contributed by atoms with Crippen molar-refractivity contribution < 1.29 is 31.8 Å². The van der Waals surface area contributed by atoms with Crippen LogP contribution in [-0.2, 0) is 6.18 Å². The van der Waals surface area contributed by atoms with Crippen molar-refractivity contribution in [2.45, 2.75) is 56.5 Å². The molecule has 8 nitrogen and oxygen atoms in total. The Morgan fingerprint density at radius 3 is 2.71 bits per heavy atom. The third-order valence-corrected chi connectivity index (χ3v) is 10.2. The Bertz CT molecular complexity index is 1950. The predicted molar refractivity (Wildman–Crippen MR) is 172 cm³/mol. The molecule has 3 aliphatic heterocycles. The number of terminal acetylenes is 1. The van der Waals surface area contributed by atoms with Gasteiger partial charge in [0.1, 0.15) is 35.7 Å². The molecule has 3 saturated heterocycles. The SMILES string of the molecule is C#Cc1c(F)ccc2cc(O)cc(-c3ncc4c(N5CCN(C)C(CC)C5)nc(OC[C@@]56CCCN5C[C@H](F)C6)nc4c3C(F)(F)F)c12. The van der Waals surface area contributed by atoms with E-state index in [-0.39, 0.29) is 70.5 Å². The average molecular weight is 667 g/mol. The number of piperazine rings is 1. The maximum absolute atomic E-state index is 15.4. The fourth-order valence-electron chi connectivity index (χ4n) is 7.81. The fourth-order valence-corrected chi connectivity index (χ4v) is 7.81. The van der Waals surface area contributed by atoms with Crippen molar-refractivity contribution in [3.63, 3.8) is 0 Å². The third kappa shape index (κ3) is 5.44. The van der Waals surface area contributed by atoms with E-state index in [9.17, 15) is 13.9 Å². The summed E-state index contributed by atoms with van der Waals surface area (Å²) in [5.74, 6) is 1.35. The number of benzene rings is 2. The number of fused-ring (bicyclic) bond motifs is 3. The molecule has 2 aromatic carbocycles. The van der Waals surface area contributed by atoms with Gasteiger partial charge in [-0.2, -0.15) is 23.1 Å². The molecule has 0 spiro atoms. The van der Waals surface area contributed by atoms with Gasteiger partial charge in [-0.15, -0.1) is 6.42 Å². The molecule has 0 amide bonds. The highest BCUT2D eigenvalue weighted by Crippen LogP contribution is 2.46. The minimum atomic E-state index is -5.01. The molecule has 5 heterocycles. The van der Waals surface area contributed by atoms with Gasteiger partial charge in [0.25, 0.3) is 0 Å². The van der Waals surface area contributed by atoms with Crippen LogP contribution in [0.4, 0.5) is 27.8 Å². The van der Waals surface area contributed by atoms with Gasteiger partial charge in [-0.25, -0.2) is 8.78 Å². The number of anilines is 1. The van der Waals surface area contributed by atoms with E-state index in [2.05, 4.69) is 25.8 Å². The number of pyridine rings is 1. The van der Waals surface area contributed by atoms with Crippen molar-refractivity contribution >= 4 is 27.5 Å². The Morgan fingerprint density at radius 1 is 1.15 bits per heavy atom. The average Bonchev–Trinajstić information content (AvgIpc) is 3.58. The lowest BCUT2D eigenvalue weighted by molar-refractivity contribution is -0.136. The van der Waals surface area contributed by atoms with E-state index in [0.29, 0.717) is 26.1 Å². The van der Waals surface area contributed by atoms with Crippen LogP contribution < -0.4 is 9.64 Å². The molecule has 0 saturated carbocycles. The third-order valence-electron chi connectivity index (χ3n) is 10.2. The molecule has 3 fully saturated rings. The fraction of sp³-hybridized carbons (Fsp3) is 0.457. The van der Waals surface area contributed by atoms with Crippen molar-refractivity contribution in [1.82, 2.24) is 24.8 Å². The van der Waals surface area contributed by atoms with Crippen LogP contribution in [0.25, 0.3) is 32.9 Å². The highest BCUT2D eigenvalue weighted by Gasteiger charge is 2.49. The van der Waals surface area contributed by atoms with Gasteiger partial charge in [0, 0.05) is 55.8 Å². The van der Waals surface area contributed by atoms with Crippen LogP contribution in [0.1, 0.15) is 43.7 Å². The summed E-state index contributed by atoms with van der Waals surface area (Å²) in [5, 5.41) is 10.9. The number of phenols is 1. The Hall–Kier alpha value is -4.28. The number of phenolic OH excluding ortho intramolecular Hbond substituents is 1. The summed E-state index contributed by atoms with van der Waals surface area (Å²) in [5.41, 5.74) is -3.25. The van der Waals surface area contributed by atoms with E-state index >= 15 is 13.2 Å². The topological polar surface area (TPSA) is 77.9 Å². The number of rotatable bonds is 6. The molecule has 48 heavy (non-hydrogen) atoms. The van der Waals surface area contributed by atoms with Crippen LogP contribution >= 0.6 is 0 Å². The summed E-state index contributed by atoms with van der Waals surface area (Å²) >= 11 is 0. The first kappa shape index (κ1) is 32.3. The van der Waals surface area contributed by atoms with Crippen molar-refractivity contribution in [2.75, 3.05) is 51.3 Å². The summed E-state index contributed by atoms with van der Waals surface area (Å²) in [6.07, 6.45) is 3.54. The number of aromatic nitrogens is 3. The predicted octanol–water partition coefficient (Wildman–Crippen LogP) is 6.18. The second kappa shape index (κ2) is 12.0. The quantitative estimate of drug-likeness (QED) is 0.193. The lowest BCUT2D eigenvalue weighted by Gasteiger charge is -2.40. The van der Waals surface area contributed by atoms with Crippen LogP contribution in [-0.4, -0.2) is 94.0 Å². The molecule has 3 atom stereocenters. The smallest absolute Gasteiger partial charge is 0.420 e. The number of ether oxygens (including phenoxy) is 1. The maximum Gasteiger partial charge on any atom is 0.420 e. The molecule has 13 heteroatoms. The molecule has 1 N–H and O–H groups in total. The molecule has 0 radical (unpaired) electrons. The molecule has 1 unspecified atom stereocenters. The van der Waals surface area contributed by atoms with Crippen molar-refractivity contribution in [3.8, 4) is 35.4 Å². The second-order valence-corrected chi connectivity index (χ2v) is 13.1. The number of halogens is 5. The minimum absolute atomic E-state index is 0.00527. The number of nitrogens with zero attached hydrogens (tertiary/aromatic N) is 6. The molecule has 4 aromatic rings. The zero-order chi connectivity index (χ0) is 34.0. The van der Waals surface area contributed by atoms with Crippen LogP contribution in [0.5, 0.6) is 11.8 Å². The van der Waals surface area contributed by atoms with E-state index < -0.39 is 40.5 Å². The first-order valence-corrected chi connectivity index (χ1v) is 16.1. The first-order valence-electron chi connectivity index (χ1n) is 16.1. The highest BCUT2D eigenvalue weighted by atomic mass is 19.4. The molecule has 0 bridgehead atoms. The maximum atomic E-state index is 15.4. The van der Waals surface area contributed by atoms with Crippen LogP contribution in [0.2, 0.25) is 0 Å². The van der Waals surface area contributed by atoms with Crippen LogP contribution in [0, 0.1) is 18.2 Å². The Kier molecular flexibility index (Phi) is 8.07. The summed E-state index contributed by atoms with van der Waals surface area (Å²) in [4.78, 5) is 19.5. The molecule has 7 rings (SSSR count). The van der Waals surface area contributed by atoms with Gasteiger partial charge in [0.15, 0.2) is 0 Å². The molecule has 3 aliphatic rings. The normalized spacial score (nSPS) is 23.6. The number of likely N-dealkylation sites (N-methyl/N-ethyl adjacent to an activating group) is 1. The van der Waals surface area contributed by atoms with E-state index in [1.54, 1.807) is 0 Å². The molecule has 252 valence electrons. The Balaban J connectivity index is 1.45. The number of aromatic hydroxyl groups is 1. The standard InChI is InChI=1S/C35H35F5N6O2/c1-4-22-18-45(12-11-44(22)3)32-26-16-41-30(25-14-23(47)13-20-7-8-27(37)24(5-2)28(20)25)29(35(38,39)40)31(26)42-33(43-32)48-19-34-9-6-10-46(34)17-21(36)15-34/h2,7-8,13-14,16,21-22,47H,4,6,9-12,15,17-19H2,1,3H3/t21-,22?,34+/m1/s1. The lowest BCUT2D eigenvalue weighted by Crippen LogP contribution is -2.51. The zero-order valence-electron chi connectivity index (χ0n) is 26.6. The summed E-state index contributed by atoms with van der Waals surface area (Å²) < 4.78 is 81.7. The van der Waals surface area contributed by atoms with Crippen molar-refractivity contribution in [2.24, 2.45) is 0 Å². The highest BCUT2D eigenvalue weighted by molar-refractivity contribution is 6.04. The van der Waals surface area contributed by atoms with Gasteiger partial charge in [0.2, 0.25) is 0 Å². The van der Waals surface area contributed by atoms with Gasteiger partial charge >= 0.3 is 12.2 Å². The zero-order valence-corrected chi connectivity index (χ0v) is 26.6. The van der Waals surface area contributed by atoms with Gasteiger partial charge < -0.3 is 14.7 Å². The number of alkyl halides is 4. The van der Waals surface area contributed by atoms with E-state index in [1.807, 2.05) is 23.8 Å². The van der Waals surface area contributed by atoms with E-state index in [1.165, 1.54) is 18.3 Å². The first-order chi connectivity index (χ1) is 22.9. The summed E-state index contributed by atoms with van der Waals surface area (Å²) in [7, 11) is 2.01. The van der Waals surface area contributed by atoms with Gasteiger partial charge in [-0.1, -0.05) is 18.9 Å². The summed E-state index contributed by atoms with van der Waals surface area (Å²) in [6, 6.07) is 4.70. The van der Waals surface area contributed by atoms with Crippen LogP contribution in [0.3, 0.4) is 0 Å². The number of hydrogen-bond acceptors (Lipinski definition) is 8. The second-order valence-electron chi connectivity index (χ2n) is 13.1. The lowest BCUT2D eigenvalue weighted by atomic mass is 9.93. The Labute approximate surface area is 274 Å². The van der Waals surface area contributed by atoms with Gasteiger partial charge in [-0.3, -0.25) is 14.8 Å². The van der Waals surface area contributed by atoms with Gasteiger partial charge in [-0.05, 0) is 56.4 Å². The van der Waals surface area contributed by atoms with Crippen molar-refractivity contribution in [1.29, 1.82) is 0 Å².